The van der Waals surface area contributed by atoms with Crippen LogP contribution in [0.25, 0.3) is 0 Å². The number of carbonyl (C=O) groups excluding carboxylic acids is 1. The van der Waals surface area contributed by atoms with Crippen LogP contribution in [0, 0.1) is 3.57 Å². The molecule has 0 saturated carbocycles. The van der Waals surface area contributed by atoms with Crippen LogP contribution < -0.4 is 4.74 Å². The van der Waals surface area contributed by atoms with Crippen molar-refractivity contribution in [1.29, 1.82) is 0 Å². The Morgan fingerprint density at radius 2 is 1.88 bits per heavy atom. The summed E-state index contributed by atoms with van der Waals surface area (Å²) in [5.74, 6) is 0.786. The van der Waals surface area contributed by atoms with E-state index in [0.29, 0.717) is 0 Å². The Morgan fingerprint density at radius 3 is 2.54 bits per heavy atom. The average molecular weight is 437 g/mol. The van der Waals surface area contributed by atoms with E-state index in [1.165, 1.54) is 5.56 Å². The molecule has 0 unspecified atom stereocenters. The third kappa shape index (κ3) is 4.91. The number of piperazine rings is 1. The highest BCUT2D eigenvalue weighted by atomic mass is 127. The molecule has 2 heterocycles. The van der Waals surface area contributed by atoms with Crippen LogP contribution in [-0.2, 0) is 11.3 Å². The molecule has 1 aliphatic rings. The largest absolute Gasteiger partial charge is 0.484 e. The zero-order chi connectivity index (χ0) is 16.8. The quantitative estimate of drug-likeness (QED) is 0.675. The summed E-state index contributed by atoms with van der Waals surface area (Å²) in [6.45, 7) is 4.23. The van der Waals surface area contributed by atoms with Gasteiger partial charge in [0.25, 0.3) is 5.91 Å². The number of amides is 1. The maximum Gasteiger partial charge on any atom is 0.260 e. The van der Waals surface area contributed by atoms with Crippen LogP contribution in [0.15, 0.2) is 48.8 Å². The lowest BCUT2D eigenvalue weighted by Gasteiger charge is -2.34. The molecule has 1 saturated heterocycles. The molecule has 24 heavy (non-hydrogen) atoms. The summed E-state index contributed by atoms with van der Waals surface area (Å²) in [6.07, 6.45) is 3.68. The second kappa shape index (κ2) is 8.43. The summed E-state index contributed by atoms with van der Waals surface area (Å²) in [6, 6.07) is 11.8. The molecule has 1 aromatic carbocycles. The maximum absolute atomic E-state index is 12.3. The molecule has 1 amide bonds. The van der Waals surface area contributed by atoms with Crippen molar-refractivity contribution in [2.45, 2.75) is 6.54 Å². The predicted molar refractivity (Wildman–Crippen MR) is 101 cm³/mol. The zero-order valence-corrected chi connectivity index (χ0v) is 15.6. The fourth-order valence-corrected chi connectivity index (χ4v) is 3.03. The van der Waals surface area contributed by atoms with Crippen molar-refractivity contribution in [3.8, 4) is 5.75 Å². The number of pyridine rings is 1. The third-order valence-electron chi connectivity index (χ3n) is 4.03. The number of ether oxygens (including phenoxy) is 1. The third-order valence-corrected chi connectivity index (χ3v) is 4.75. The molecular weight excluding hydrogens is 417 g/mol. The molecule has 1 aromatic heterocycles. The highest BCUT2D eigenvalue weighted by Crippen LogP contribution is 2.14. The molecule has 0 aliphatic carbocycles. The Hall–Kier alpha value is -1.67. The smallest absolute Gasteiger partial charge is 0.260 e. The van der Waals surface area contributed by atoms with E-state index >= 15 is 0 Å². The Morgan fingerprint density at radius 1 is 1.12 bits per heavy atom. The normalized spacial score (nSPS) is 15.3. The Balaban J connectivity index is 1.42. The molecule has 1 fully saturated rings. The number of carbonyl (C=O) groups is 1. The van der Waals surface area contributed by atoms with Crippen LogP contribution in [0.2, 0.25) is 0 Å². The molecule has 6 heteroatoms. The van der Waals surface area contributed by atoms with Gasteiger partial charge in [-0.25, -0.2) is 0 Å². The minimum atomic E-state index is 0.0505. The Kier molecular flexibility index (Phi) is 6.03. The van der Waals surface area contributed by atoms with Gasteiger partial charge in [0.1, 0.15) is 5.75 Å². The van der Waals surface area contributed by atoms with Gasteiger partial charge in [0, 0.05) is 48.7 Å². The van der Waals surface area contributed by atoms with Gasteiger partial charge < -0.3 is 9.64 Å². The van der Waals surface area contributed by atoms with Crippen molar-refractivity contribution in [3.63, 3.8) is 0 Å². The van der Waals surface area contributed by atoms with Gasteiger partial charge in [-0.2, -0.15) is 0 Å². The van der Waals surface area contributed by atoms with Crippen LogP contribution >= 0.6 is 22.6 Å². The first-order valence-corrected chi connectivity index (χ1v) is 9.06. The van der Waals surface area contributed by atoms with Crippen LogP contribution in [0.5, 0.6) is 5.75 Å². The second-order valence-corrected chi connectivity index (χ2v) is 7.01. The lowest BCUT2D eigenvalue weighted by molar-refractivity contribution is -0.135. The molecule has 2 aromatic rings. The van der Waals surface area contributed by atoms with Gasteiger partial charge in [0.2, 0.25) is 0 Å². The van der Waals surface area contributed by atoms with Crippen molar-refractivity contribution in [2.24, 2.45) is 0 Å². The van der Waals surface area contributed by atoms with E-state index in [9.17, 15) is 4.79 Å². The van der Waals surface area contributed by atoms with Crippen molar-refractivity contribution in [2.75, 3.05) is 32.8 Å². The molecule has 0 spiro atoms. The first-order valence-electron chi connectivity index (χ1n) is 7.98. The van der Waals surface area contributed by atoms with E-state index < -0.39 is 0 Å². The lowest BCUT2D eigenvalue weighted by Crippen LogP contribution is -2.49. The summed E-state index contributed by atoms with van der Waals surface area (Å²) in [5.41, 5.74) is 1.21. The number of nitrogens with zero attached hydrogens (tertiary/aromatic N) is 3. The van der Waals surface area contributed by atoms with Crippen molar-refractivity contribution < 1.29 is 9.53 Å². The fraction of sp³-hybridized carbons (Fsp3) is 0.333. The lowest BCUT2D eigenvalue weighted by atomic mass is 10.2. The number of aromatic nitrogens is 1. The first kappa shape index (κ1) is 17.2. The van der Waals surface area contributed by atoms with Crippen LogP contribution in [-0.4, -0.2) is 53.5 Å². The van der Waals surface area contributed by atoms with Crippen LogP contribution in [0.4, 0.5) is 0 Å². The van der Waals surface area contributed by atoms with Gasteiger partial charge in [-0.15, -0.1) is 0 Å². The SMILES string of the molecule is O=C(COc1ccc(I)cc1)N1CCN(Cc2cccnc2)CC1. The van der Waals surface area contributed by atoms with Gasteiger partial charge in [0.15, 0.2) is 6.61 Å². The molecule has 0 atom stereocenters. The summed E-state index contributed by atoms with van der Waals surface area (Å²) < 4.78 is 6.73. The topological polar surface area (TPSA) is 45.7 Å². The number of benzene rings is 1. The molecule has 0 N–H and O–H groups in total. The van der Waals surface area contributed by atoms with Crippen molar-refractivity contribution in [3.05, 3.63) is 57.9 Å². The number of halogens is 1. The minimum absolute atomic E-state index is 0.0505. The van der Waals surface area contributed by atoms with E-state index in [1.54, 1.807) is 6.20 Å². The molecule has 3 rings (SSSR count). The first-order chi connectivity index (χ1) is 11.7. The molecule has 5 nitrogen and oxygen atoms in total. The fourth-order valence-electron chi connectivity index (χ4n) is 2.67. The highest BCUT2D eigenvalue weighted by molar-refractivity contribution is 14.1. The van der Waals surface area contributed by atoms with Gasteiger partial charge >= 0.3 is 0 Å². The van der Waals surface area contributed by atoms with E-state index in [1.807, 2.05) is 41.4 Å². The number of hydrogen-bond donors (Lipinski definition) is 0. The maximum atomic E-state index is 12.3. The van der Waals surface area contributed by atoms with Gasteiger partial charge in [0.05, 0.1) is 0 Å². The van der Waals surface area contributed by atoms with Crippen molar-refractivity contribution in [1.82, 2.24) is 14.8 Å². The van der Waals surface area contributed by atoms with E-state index in [-0.39, 0.29) is 12.5 Å². The monoisotopic (exact) mass is 437 g/mol. The molecule has 0 bridgehead atoms. The summed E-state index contributed by atoms with van der Waals surface area (Å²) >= 11 is 2.24. The van der Waals surface area contributed by atoms with E-state index in [0.717, 1.165) is 42.0 Å². The highest BCUT2D eigenvalue weighted by Gasteiger charge is 2.21. The Labute approximate surface area is 155 Å². The predicted octanol–water partition coefficient (Wildman–Crippen LogP) is 2.41. The standard InChI is InChI=1S/C18H20IN3O2/c19-16-3-5-17(6-4-16)24-14-18(23)22-10-8-21(9-11-22)13-15-2-1-7-20-12-15/h1-7,12H,8-11,13-14H2. The van der Waals surface area contributed by atoms with Crippen molar-refractivity contribution >= 4 is 28.5 Å². The van der Waals surface area contributed by atoms with E-state index in [4.69, 9.17) is 4.74 Å². The number of hydrogen-bond acceptors (Lipinski definition) is 4. The average Bonchev–Trinajstić information content (AvgIpc) is 2.62. The second-order valence-electron chi connectivity index (χ2n) is 5.76. The van der Waals surface area contributed by atoms with Gasteiger partial charge in [-0.3, -0.25) is 14.7 Å². The summed E-state index contributed by atoms with van der Waals surface area (Å²) in [5, 5.41) is 0. The zero-order valence-electron chi connectivity index (χ0n) is 13.4. The number of rotatable bonds is 5. The van der Waals surface area contributed by atoms with Crippen LogP contribution in [0.3, 0.4) is 0 Å². The summed E-state index contributed by atoms with van der Waals surface area (Å²) in [4.78, 5) is 20.6. The summed E-state index contributed by atoms with van der Waals surface area (Å²) in [7, 11) is 0. The van der Waals surface area contributed by atoms with Gasteiger partial charge in [-0.05, 0) is 58.5 Å². The Bertz CT molecular complexity index is 656. The molecular formula is C18H20IN3O2. The molecule has 1 aliphatic heterocycles. The molecule has 0 radical (unpaired) electrons. The van der Waals surface area contributed by atoms with Gasteiger partial charge in [-0.1, -0.05) is 6.07 Å². The molecule has 126 valence electrons. The van der Waals surface area contributed by atoms with E-state index in [2.05, 4.69) is 38.5 Å². The van der Waals surface area contributed by atoms with Crippen LogP contribution in [0.1, 0.15) is 5.56 Å². The minimum Gasteiger partial charge on any atom is -0.484 e.